The Morgan fingerprint density at radius 2 is 1.94 bits per heavy atom. The molecule has 9 heteroatoms. The normalized spacial score (nSPS) is 18.8. The molecule has 164 valence electrons. The number of hydrogen-bond acceptors (Lipinski definition) is 5. The standard InChI is InChI=1S/C22H25N3O4S2/c1-15-6-2-3-7-18(15)24-31(28,29)17-8-9-20-19(13-17)23-22(27)16(14-30-20)12-21(26)25-10-4-5-11-25/h2-3,6-9,13,16,24H,4-5,10-12,14H2,1H3,(H,23,27)/t16-/m1/s1. The van der Waals surface area contributed by atoms with Gasteiger partial charge in [-0.3, -0.25) is 14.3 Å². The molecular formula is C22H25N3O4S2. The SMILES string of the molecule is Cc1ccccc1NS(=O)(=O)c1ccc2c(c1)NC(=O)[C@H](CC(=O)N1CCCC1)CS2. The molecule has 0 spiro atoms. The van der Waals surface area contributed by atoms with E-state index in [0.717, 1.165) is 36.4 Å². The van der Waals surface area contributed by atoms with Gasteiger partial charge in [0.1, 0.15) is 0 Å². The minimum Gasteiger partial charge on any atom is -0.343 e. The van der Waals surface area contributed by atoms with Gasteiger partial charge in [0.2, 0.25) is 11.8 Å². The lowest BCUT2D eigenvalue weighted by molar-refractivity contribution is -0.133. The van der Waals surface area contributed by atoms with Crippen LogP contribution in [0.3, 0.4) is 0 Å². The van der Waals surface area contributed by atoms with Crippen LogP contribution in [0.4, 0.5) is 11.4 Å². The number of amides is 2. The lowest BCUT2D eigenvalue weighted by Crippen LogP contribution is -2.33. The van der Waals surface area contributed by atoms with Crippen molar-refractivity contribution in [1.82, 2.24) is 4.90 Å². The van der Waals surface area contributed by atoms with Crippen molar-refractivity contribution in [2.24, 2.45) is 5.92 Å². The first-order chi connectivity index (χ1) is 14.8. The molecule has 2 heterocycles. The van der Waals surface area contributed by atoms with Crippen LogP contribution in [0.25, 0.3) is 0 Å². The van der Waals surface area contributed by atoms with Crippen molar-refractivity contribution in [2.75, 3.05) is 28.9 Å². The molecule has 1 saturated heterocycles. The van der Waals surface area contributed by atoms with Crippen molar-refractivity contribution in [2.45, 2.75) is 36.0 Å². The van der Waals surface area contributed by atoms with Crippen LogP contribution in [0.5, 0.6) is 0 Å². The maximum absolute atomic E-state index is 12.9. The first-order valence-corrected chi connectivity index (χ1v) is 12.7. The molecule has 0 bridgehead atoms. The number of carbonyl (C=O) groups is 2. The third-order valence-electron chi connectivity index (χ3n) is 5.60. The third-order valence-corrected chi connectivity index (χ3v) is 8.20. The fourth-order valence-electron chi connectivity index (χ4n) is 3.75. The van der Waals surface area contributed by atoms with Gasteiger partial charge in [0.15, 0.2) is 0 Å². The van der Waals surface area contributed by atoms with Crippen molar-refractivity contribution in [3.63, 3.8) is 0 Å². The highest BCUT2D eigenvalue weighted by Crippen LogP contribution is 2.35. The summed E-state index contributed by atoms with van der Waals surface area (Å²) >= 11 is 1.46. The zero-order valence-electron chi connectivity index (χ0n) is 17.3. The number of rotatable bonds is 5. The molecule has 2 amide bonds. The first-order valence-electron chi connectivity index (χ1n) is 10.3. The van der Waals surface area contributed by atoms with Crippen LogP contribution in [-0.2, 0) is 19.6 Å². The Bertz CT molecular complexity index is 1110. The van der Waals surface area contributed by atoms with Gasteiger partial charge < -0.3 is 10.2 Å². The Hall–Kier alpha value is -2.52. The van der Waals surface area contributed by atoms with E-state index in [9.17, 15) is 18.0 Å². The van der Waals surface area contributed by atoms with Crippen molar-refractivity contribution in [1.29, 1.82) is 0 Å². The second kappa shape index (κ2) is 8.92. The van der Waals surface area contributed by atoms with Crippen LogP contribution in [0.1, 0.15) is 24.8 Å². The molecule has 0 saturated carbocycles. The average Bonchev–Trinajstić information content (AvgIpc) is 3.23. The second-order valence-corrected chi connectivity index (χ2v) is 10.6. The molecule has 1 atom stereocenters. The minimum absolute atomic E-state index is 0.00917. The molecule has 0 aromatic heterocycles. The van der Waals surface area contributed by atoms with E-state index >= 15 is 0 Å². The first kappa shape index (κ1) is 21.7. The van der Waals surface area contributed by atoms with Gasteiger partial charge in [0.05, 0.1) is 22.2 Å². The molecule has 0 aliphatic carbocycles. The fourth-order valence-corrected chi connectivity index (χ4v) is 5.99. The summed E-state index contributed by atoms with van der Waals surface area (Å²) in [5.41, 5.74) is 1.78. The number of para-hydroxylation sites is 1. The Morgan fingerprint density at radius 1 is 1.19 bits per heavy atom. The van der Waals surface area contributed by atoms with Crippen LogP contribution in [0, 0.1) is 12.8 Å². The van der Waals surface area contributed by atoms with Crippen LogP contribution in [0.2, 0.25) is 0 Å². The number of sulfonamides is 1. The lowest BCUT2D eigenvalue weighted by Gasteiger charge is -2.18. The summed E-state index contributed by atoms with van der Waals surface area (Å²) in [6, 6.07) is 11.9. The van der Waals surface area contributed by atoms with E-state index in [2.05, 4.69) is 10.0 Å². The van der Waals surface area contributed by atoms with E-state index in [1.807, 2.05) is 24.0 Å². The number of fused-ring (bicyclic) bond motifs is 1. The summed E-state index contributed by atoms with van der Waals surface area (Å²) in [6.45, 7) is 3.35. The van der Waals surface area contributed by atoms with Gasteiger partial charge in [0.25, 0.3) is 10.0 Å². The quantitative estimate of drug-likeness (QED) is 0.714. The molecule has 2 aromatic rings. The van der Waals surface area contributed by atoms with Crippen molar-refractivity contribution in [3.8, 4) is 0 Å². The Labute approximate surface area is 186 Å². The number of hydrogen-bond donors (Lipinski definition) is 2. The summed E-state index contributed by atoms with van der Waals surface area (Å²) in [6.07, 6.45) is 2.19. The van der Waals surface area contributed by atoms with Gasteiger partial charge >= 0.3 is 0 Å². The fraction of sp³-hybridized carbons (Fsp3) is 0.364. The van der Waals surface area contributed by atoms with Gasteiger partial charge in [-0.1, -0.05) is 18.2 Å². The maximum Gasteiger partial charge on any atom is 0.261 e. The van der Waals surface area contributed by atoms with E-state index in [-0.39, 0.29) is 23.1 Å². The van der Waals surface area contributed by atoms with Crippen LogP contribution < -0.4 is 10.0 Å². The van der Waals surface area contributed by atoms with Gasteiger partial charge in [-0.15, -0.1) is 11.8 Å². The molecule has 2 N–H and O–H groups in total. The summed E-state index contributed by atoms with van der Waals surface area (Å²) in [4.78, 5) is 27.9. The number of anilines is 2. The van der Waals surface area contributed by atoms with Gasteiger partial charge in [-0.05, 0) is 49.6 Å². The molecule has 2 aliphatic heterocycles. The molecule has 1 fully saturated rings. The van der Waals surface area contributed by atoms with Crippen molar-refractivity contribution < 1.29 is 18.0 Å². The number of thioether (sulfide) groups is 1. The van der Waals surface area contributed by atoms with Crippen LogP contribution in [-0.4, -0.2) is 44.0 Å². The van der Waals surface area contributed by atoms with Crippen molar-refractivity contribution >= 4 is 45.0 Å². The maximum atomic E-state index is 12.9. The molecule has 2 aliphatic rings. The summed E-state index contributed by atoms with van der Waals surface area (Å²) in [5, 5.41) is 2.83. The smallest absolute Gasteiger partial charge is 0.261 e. The van der Waals surface area contributed by atoms with Crippen LogP contribution in [0.15, 0.2) is 52.3 Å². The van der Waals surface area contributed by atoms with E-state index in [0.29, 0.717) is 17.1 Å². The highest BCUT2D eigenvalue weighted by Gasteiger charge is 2.30. The highest BCUT2D eigenvalue weighted by atomic mass is 32.2. The van der Waals surface area contributed by atoms with Crippen molar-refractivity contribution in [3.05, 3.63) is 48.0 Å². The molecule has 2 aromatic carbocycles. The van der Waals surface area contributed by atoms with E-state index in [1.54, 1.807) is 18.2 Å². The van der Waals surface area contributed by atoms with Gasteiger partial charge in [0, 0.05) is 30.2 Å². The number of carbonyl (C=O) groups excluding carboxylic acids is 2. The molecule has 31 heavy (non-hydrogen) atoms. The van der Waals surface area contributed by atoms with E-state index < -0.39 is 15.9 Å². The zero-order valence-corrected chi connectivity index (χ0v) is 18.9. The predicted molar refractivity (Wildman–Crippen MR) is 122 cm³/mol. The minimum atomic E-state index is -3.81. The Balaban J connectivity index is 1.50. The van der Waals surface area contributed by atoms with E-state index in [1.165, 1.54) is 23.9 Å². The Kier molecular flexibility index (Phi) is 6.24. The molecule has 7 nitrogen and oxygen atoms in total. The monoisotopic (exact) mass is 459 g/mol. The molecule has 0 unspecified atom stereocenters. The summed E-state index contributed by atoms with van der Waals surface area (Å²) < 4.78 is 28.4. The number of benzene rings is 2. The molecule has 0 radical (unpaired) electrons. The predicted octanol–water partition coefficient (Wildman–Crippen LogP) is 3.47. The largest absolute Gasteiger partial charge is 0.343 e. The summed E-state index contributed by atoms with van der Waals surface area (Å²) in [7, 11) is -3.81. The molecule has 4 rings (SSSR count). The van der Waals surface area contributed by atoms with Gasteiger partial charge in [-0.2, -0.15) is 0 Å². The second-order valence-electron chi connectivity index (χ2n) is 7.87. The highest BCUT2D eigenvalue weighted by molar-refractivity contribution is 7.99. The number of nitrogens with one attached hydrogen (secondary N) is 2. The topological polar surface area (TPSA) is 95.6 Å². The molecular weight excluding hydrogens is 434 g/mol. The number of aryl methyl sites for hydroxylation is 1. The average molecular weight is 460 g/mol. The van der Waals surface area contributed by atoms with Gasteiger partial charge in [-0.25, -0.2) is 8.42 Å². The number of nitrogens with zero attached hydrogens (tertiary/aromatic N) is 1. The van der Waals surface area contributed by atoms with E-state index in [4.69, 9.17) is 0 Å². The lowest BCUT2D eigenvalue weighted by atomic mass is 10.1. The number of likely N-dealkylation sites (tertiary alicyclic amines) is 1. The zero-order chi connectivity index (χ0) is 22.0. The summed E-state index contributed by atoms with van der Waals surface area (Å²) in [5.74, 6) is -0.211. The van der Waals surface area contributed by atoms with Crippen LogP contribution >= 0.6 is 11.8 Å². The third kappa shape index (κ3) is 4.88. The Morgan fingerprint density at radius 3 is 2.68 bits per heavy atom.